The molecule has 2 aromatic heterocycles. The van der Waals surface area contributed by atoms with E-state index in [4.69, 9.17) is 23.1 Å². The SMILES string of the molecule is NCc1nc(N)c2cc3ccc(Cl)cc3nc2n1. The molecule has 3 aromatic rings. The zero-order valence-electron chi connectivity index (χ0n) is 9.39. The first-order valence-corrected chi connectivity index (χ1v) is 5.77. The average Bonchev–Trinajstić information content (AvgIpc) is 2.36. The molecule has 0 spiro atoms. The van der Waals surface area contributed by atoms with Gasteiger partial charge in [-0.2, -0.15) is 0 Å². The van der Waals surface area contributed by atoms with E-state index in [0.29, 0.717) is 22.3 Å². The van der Waals surface area contributed by atoms with Gasteiger partial charge >= 0.3 is 0 Å². The van der Waals surface area contributed by atoms with Gasteiger partial charge < -0.3 is 11.5 Å². The summed E-state index contributed by atoms with van der Waals surface area (Å²) in [6, 6.07) is 7.39. The van der Waals surface area contributed by atoms with Gasteiger partial charge in [0.25, 0.3) is 0 Å². The molecule has 0 aliphatic carbocycles. The van der Waals surface area contributed by atoms with E-state index >= 15 is 0 Å². The molecule has 0 fully saturated rings. The van der Waals surface area contributed by atoms with Crippen LogP contribution in [-0.2, 0) is 6.54 Å². The van der Waals surface area contributed by atoms with Crippen LogP contribution in [0.1, 0.15) is 5.82 Å². The number of rotatable bonds is 1. The van der Waals surface area contributed by atoms with Gasteiger partial charge in [0.1, 0.15) is 11.6 Å². The highest BCUT2D eigenvalue weighted by atomic mass is 35.5. The van der Waals surface area contributed by atoms with Crippen LogP contribution < -0.4 is 11.5 Å². The van der Waals surface area contributed by atoms with E-state index < -0.39 is 0 Å². The molecule has 3 rings (SSSR count). The monoisotopic (exact) mass is 259 g/mol. The van der Waals surface area contributed by atoms with Crippen molar-refractivity contribution in [1.82, 2.24) is 15.0 Å². The third kappa shape index (κ3) is 1.73. The fourth-order valence-electron chi connectivity index (χ4n) is 1.84. The summed E-state index contributed by atoms with van der Waals surface area (Å²) in [5.41, 5.74) is 12.7. The van der Waals surface area contributed by atoms with Crippen molar-refractivity contribution in [2.24, 2.45) is 5.73 Å². The molecular weight excluding hydrogens is 250 g/mol. The molecule has 18 heavy (non-hydrogen) atoms. The van der Waals surface area contributed by atoms with Gasteiger partial charge in [-0.05, 0) is 18.2 Å². The maximum atomic E-state index is 5.94. The van der Waals surface area contributed by atoms with E-state index in [1.807, 2.05) is 18.2 Å². The summed E-state index contributed by atoms with van der Waals surface area (Å²) in [5.74, 6) is 0.874. The van der Waals surface area contributed by atoms with Crippen molar-refractivity contribution < 1.29 is 0 Å². The van der Waals surface area contributed by atoms with Crippen molar-refractivity contribution in [1.29, 1.82) is 0 Å². The number of hydrogen-bond donors (Lipinski definition) is 2. The van der Waals surface area contributed by atoms with E-state index in [9.17, 15) is 0 Å². The van der Waals surface area contributed by atoms with Crippen molar-refractivity contribution >= 4 is 39.4 Å². The van der Waals surface area contributed by atoms with Crippen LogP contribution in [0.25, 0.3) is 21.9 Å². The van der Waals surface area contributed by atoms with Gasteiger partial charge in [0.05, 0.1) is 17.4 Å². The van der Waals surface area contributed by atoms with Crippen molar-refractivity contribution in [3.05, 3.63) is 35.1 Å². The fraction of sp³-hybridized carbons (Fsp3) is 0.0833. The molecule has 0 aliphatic heterocycles. The normalized spacial score (nSPS) is 11.2. The second kappa shape index (κ2) is 4.04. The smallest absolute Gasteiger partial charge is 0.165 e. The quantitative estimate of drug-likeness (QED) is 0.651. The average molecular weight is 260 g/mol. The number of nitrogens with two attached hydrogens (primary N) is 2. The van der Waals surface area contributed by atoms with Crippen LogP contribution in [0.5, 0.6) is 0 Å². The lowest BCUT2D eigenvalue weighted by atomic mass is 10.2. The largest absolute Gasteiger partial charge is 0.383 e. The molecule has 0 radical (unpaired) electrons. The molecule has 0 unspecified atom stereocenters. The number of fused-ring (bicyclic) bond motifs is 2. The molecule has 6 heteroatoms. The highest BCUT2D eigenvalue weighted by molar-refractivity contribution is 6.31. The van der Waals surface area contributed by atoms with Gasteiger partial charge in [-0.15, -0.1) is 0 Å². The van der Waals surface area contributed by atoms with Crippen LogP contribution in [0.4, 0.5) is 5.82 Å². The van der Waals surface area contributed by atoms with Crippen molar-refractivity contribution in [3.8, 4) is 0 Å². The zero-order valence-corrected chi connectivity index (χ0v) is 10.1. The number of nitrogens with zero attached hydrogens (tertiary/aromatic N) is 3. The number of aromatic nitrogens is 3. The maximum Gasteiger partial charge on any atom is 0.165 e. The molecule has 2 heterocycles. The summed E-state index contributed by atoms with van der Waals surface area (Å²) in [7, 11) is 0. The first kappa shape index (κ1) is 11.1. The molecule has 0 aliphatic rings. The van der Waals surface area contributed by atoms with E-state index in [-0.39, 0.29) is 6.54 Å². The van der Waals surface area contributed by atoms with Gasteiger partial charge in [0.2, 0.25) is 0 Å². The Bertz CT molecular complexity index is 756. The first-order valence-electron chi connectivity index (χ1n) is 5.40. The van der Waals surface area contributed by atoms with E-state index in [2.05, 4.69) is 15.0 Å². The second-order valence-electron chi connectivity index (χ2n) is 3.93. The molecule has 0 saturated heterocycles. The number of pyridine rings is 1. The minimum Gasteiger partial charge on any atom is -0.383 e. The Morgan fingerprint density at radius 1 is 1.11 bits per heavy atom. The predicted octanol–water partition coefficient (Wildman–Crippen LogP) is 1.87. The molecule has 5 nitrogen and oxygen atoms in total. The number of nitrogen functional groups attached to an aromatic ring is 1. The summed E-state index contributed by atoms with van der Waals surface area (Å²) >= 11 is 5.94. The third-order valence-electron chi connectivity index (χ3n) is 2.70. The van der Waals surface area contributed by atoms with Crippen LogP contribution in [0.15, 0.2) is 24.3 Å². The van der Waals surface area contributed by atoms with Gasteiger partial charge in [0.15, 0.2) is 5.65 Å². The lowest BCUT2D eigenvalue weighted by molar-refractivity contribution is 0.926. The molecule has 0 amide bonds. The number of benzene rings is 1. The Morgan fingerprint density at radius 3 is 2.72 bits per heavy atom. The topological polar surface area (TPSA) is 90.7 Å². The fourth-order valence-corrected chi connectivity index (χ4v) is 2.01. The van der Waals surface area contributed by atoms with Crippen molar-refractivity contribution in [2.45, 2.75) is 6.54 Å². The number of hydrogen-bond acceptors (Lipinski definition) is 5. The molecular formula is C12H10ClN5. The lowest BCUT2D eigenvalue weighted by Gasteiger charge is -2.05. The third-order valence-corrected chi connectivity index (χ3v) is 2.94. The lowest BCUT2D eigenvalue weighted by Crippen LogP contribution is -2.06. The Morgan fingerprint density at radius 2 is 1.94 bits per heavy atom. The minimum absolute atomic E-state index is 0.232. The molecule has 1 aromatic carbocycles. The van der Waals surface area contributed by atoms with Gasteiger partial charge in [-0.25, -0.2) is 15.0 Å². The van der Waals surface area contributed by atoms with Crippen LogP contribution in [0.2, 0.25) is 5.02 Å². The second-order valence-corrected chi connectivity index (χ2v) is 4.36. The van der Waals surface area contributed by atoms with E-state index in [0.717, 1.165) is 16.3 Å². The predicted molar refractivity (Wildman–Crippen MR) is 72.2 cm³/mol. The van der Waals surface area contributed by atoms with Crippen LogP contribution >= 0.6 is 11.6 Å². The summed E-state index contributed by atoms with van der Waals surface area (Å²) < 4.78 is 0. The summed E-state index contributed by atoms with van der Waals surface area (Å²) in [6.45, 7) is 0.232. The van der Waals surface area contributed by atoms with Crippen LogP contribution in [0, 0.1) is 0 Å². The Labute approximate surface area is 108 Å². The summed E-state index contributed by atoms with van der Waals surface area (Å²) in [4.78, 5) is 12.8. The Balaban J connectivity index is 2.41. The molecule has 0 saturated carbocycles. The Hall–Kier alpha value is -1.98. The molecule has 4 N–H and O–H groups in total. The van der Waals surface area contributed by atoms with Gasteiger partial charge in [0, 0.05) is 10.4 Å². The highest BCUT2D eigenvalue weighted by Crippen LogP contribution is 2.24. The highest BCUT2D eigenvalue weighted by Gasteiger charge is 2.07. The summed E-state index contributed by atoms with van der Waals surface area (Å²) in [6.07, 6.45) is 0. The van der Waals surface area contributed by atoms with Gasteiger partial charge in [-0.3, -0.25) is 0 Å². The molecule has 90 valence electrons. The van der Waals surface area contributed by atoms with Crippen molar-refractivity contribution in [2.75, 3.05) is 5.73 Å². The first-order chi connectivity index (χ1) is 8.67. The van der Waals surface area contributed by atoms with Crippen molar-refractivity contribution in [3.63, 3.8) is 0 Å². The molecule has 0 atom stereocenters. The van der Waals surface area contributed by atoms with Gasteiger partial charge in [-0.1, -0.05) is 17.7 Å². The minimum atomic E-state index is 0.232. The zero-order chi connectivity index (χ0) is 12.7. The van der Waals surface area contributed by atoms with Crippen LogP contribution in [-0.4, -0.2) is 15.0 Å². The van der Waals surface area contributed by atoms with E-state index in [1.165, 1.54) is 0 Å². The number of halogens is 1. The van der Waals surface area contributed by atoms with E-state index in [1.54, 1.807) is 6.07 Å². The Kier molecular flexibility index (Phi) is 2.50. The number of anilines is 1. The molecule has 0 bridgehead atoms. The standard InChI is InChI=1S/C12H10ClN5/c13-7-2-1-6-3-8-11(15)17-10(5-14)18-12(8)16-9(6)4-7/h1-4H,5,14H2,(H2,15,16,17,18). The summed E-state index contributed by atoms with van der Waals surface area (Å²) in [5, 5.41) is 2.31. The maximum absolute atomic E-state index is 5.94. The van der Waals surface area contributed by atoms with Crippen LogP contribution in [0.3, 0.4) is 0 Å².